The maximum Gasteiger partial charge on any atom is 0.270 e. The summed E-state index contributed by atoms with van der Waals surface area (Å²) < 4.78 is 2.74. The topological polar surface area (TPSA) is 114 Å². The molecule has 2 fully saturated rings. The van der Waals surface area contributed by atoms with Crippen LogP contribution in [0.15, 0.2) is 53.4 Å². The van der Waals surface area contributed by atoms with Gasteiger partial charge >= 0.3 is 0 Å². The number of carbonyl (C=O) groups is 2. The van der Waals surface area contributed by atoms with Crippen molar-refractivity contribution in [2.24, 2.45) is 11.8 Å². The monoisotopic (exact) mass is 542 g/mol. The van der Waals surface area contributed by atoms with Crippen molar-refractivity contribution in [1.82, 2.24) is 25.0 Å². The summed E-state index contributed by atoms with van der Waals surface area (Å²) in [7, 11) is 0. The highest BCUT2D eigenvalue weighted by Crippen LogP contribution is 2.44. The summed E-state index contributed by atoms with van der Waals surface area (Å²) in [5.74, 6) is 0.912. The van der Waals surface area contributed by atoms with Crippen molar-refractivity contribution in [3.05, 3.63) is 70.2 Å². The minimum Gasteiger partial charge on any atom is -0.375 e. The second kappa shape index (κ2) is 9.21. The number of rotatable bonds is 6. The summed E-state index contributed by atoms with van der Waals surface area (Å²) in [5, 5.41) is 10.8. The van der Waals surface area contributed by atoms with Gasteiger partial charge in [-0.3, -0.25) is 14.0 Å². The van der Waals surface area contributed by atoms with Gasteiger partial charge in [0.05, 0.1) is 15.8 Å². The van der Waals surface area contributed by atoms with Crippen molar-refractivity contribution in [2.45, 2.75) is 38.3 Å². The van der Waals surface area contributed by atoms with Crippen molar-refractivity contribution < 1.29 is 9.59 Å². The van der Waals surface area contributed by atoms with Gasteiger partial charge in [0, 0.05) is 29.7 Å². The number of imidazole rings is 1. The molecule has 5 aromatic rings. The van der Waals surface area contributed by atoms with E-state index in [1.807, 2.05) is 41.2 Å². The van der Waals surface area contributed by atoms with Crippen LogP contribution in [0.3, 0.4) is 0 Å². The third-order valence-electron chi connectivity index (χ3n) is 7.88. The number of fused-ring (bicyclic) bond motifs is 4. The number of anilines is 1. The van der Waals surface area contributed by atoms with Crippen LogP contribution in [0.25, 0.3) is 27.1 Å². The number of pyridine rings is 1. The lowest BCUT2D eigenvalue weighted by Gasteiger charge is -2.23. The Morgan fingerprint density at radius 2 is 2.03 bits per heavy atom. The van der Waals surface area contributed by atoms with Gasteiger partial charge in [0.1, 0.15) is 11.4 Å². The molecule has 3 atom stereocenters. The van der Waals surface area contributed by atoms with Gasteiger partial charge in [-0.05, 0) is 72.4 Å². The third-order valence-corrected chi connectivity index (χ3v) is 9.41. The first-order valence-corrected chi connectivity index (χ1v) is 14.6. The van der Waals surface area contributed by atoms with Crippen LogP contribution < -0.4 is 16.4 Å². The van der Waals surface area contributed by atoms with Crippen molar-refractivity contribution in [1.29, 1.82) is 0 Å². The average Bonchev–Trinajstić information content (AvgIpc) is 3.73. The van der Waals surface area contributed by atoms with E-state index in [1.54, 1.807) is 27.9 Å². The second-order valence-corrected chi connectivity index (χ2v) is 12.1. The number of hydrogen-bond donors (Lipinski definition) is 3. The molecule has 0 spiro atoms. The molecule has 0 saturated heterocycles. The smallest absolute Gasteiger partial charge is 0.270 e. The predicted octanol–water partition coefficient (Wildman–Crippen LogP) is 5.10. The highest BCUT2D eigenvalue weighted by Gasteiger charge is 2.40. The average molecular weight is 543 g/mol. The molecular formula is C28H26N6O2S2. The van der Waals surface area contributed by atoms with Gasteiger partial charge in [0.25, 0.3) is 11.8 Å². The van der Waals surface area contributed by atoms with Gasteiger partial charge in [0.2, 0.25) is 0 Å². The maximum absolute atomic E-state index is 13.7. The first-order chi connectivity index (χ1) is 18.5. The maximum atomic E-state index is 13.7. The number of benzene rings is 1. The summed E-state index contributed by atoms with van der Waals surface area (Å²) in [6.07, 6.45) is 6.54. The van der Waals surface area contributed by atoms with Gasteiger partial charge in [-0.15, -0.1) is 0 Å². The fourth-order valence-corrected chi connectivity index (χ4v) is 7.53. The Labute approximate surface area is 226 Å². The van der Waals surface area contributed by atoms with Crippen LogP contribution in [0.2, 0.25) is 0 Å². The van der Waals surface area contributed by atoms with Crippen molar-refractivity contribution in [2.75, 3.05) is 5.73 Å². The van der Waals surface area contributed by atoms with E-state index >= 15 is 0 Å². The minimum absolute atomic E-state index is 0.133. The Morgan fingerprint density at radius 3 is 2.82 bits per heavy atom. The number of thiophene rings is 1. The fourth-order valence-electron chi connectivity index (χ4n) is 6.09. The third kappa shape index (κ3) is 4.04. The summed E-state index contributed by atoms with van der Waals surface area (Å²) in [6, 6.07) is 11.5. The lowest BCUT2D eigenvalue weighted by atomic mass is 9.95. The fraction of sp³-hybridized carbons (Fsp3) is 0.286. The Hall–Kier alpha value is -3.76. The number of thiazole rings is 1. The SMILES string of the molecule is Nc1nc2ccc(CNC(=O)c3cccn4c(C(=O)N[C@H]5C[C@@H]6CC[C@@H]5C6)c(-c5ccsc5)nc34)cc2s1. The zero-order chi connectivity index (χ0) is 25.8. The van der Waals surface area contributed by atoms with Crippen molar-refractivity contribution in [3.63, 3.8) is 0 Å². The van der Waals surface area contributed by atoms with Crippen molar-refractivity contribution >= 4 is 55.5 Å². The van der Waals surface area contributed by atoms with E-state index in [9.17, 15) is 9.59 Å². The first-order valence-electron chi connectivity index (χ1n) is 12.8. The lowest BCUT2D eigenvalue weighted by molar-refractivity contribution is 0.0914. The molecule has 38 heavy (non-hydrogen) atoms. The standard InChI is InChI=1S/C28H26N6O2S2/c29-28-32-20-6-4-16(12-22(20)38-28)13-30-26(35)19-2-1-8-34-24(23(33-25(19)34)18-7-9-37-14-18)27(36)31-21-11-15-3-5-17(21)10-15/h1-2,4,6-9,12,14-15,17,21H,3,5,10-11,13H2,(H2,29,32)(H,30,35)(H,31,36)/t15-,17-,21+/m1/s1. The number of hydrogen-bond acceptors (Lipinski definition) is 7. The van der Waals surface area contributed by atoms with Crippen LogP contribution in [0.5, 0.6) is 0 Å². The zero-order valence-corrected chi connectivity index (χ0v) is 22.1. The molecule has 2 bridgehead atoms. The van der Waals surface area contributed by atoms with Crippen molar-refractivity contribution in [3.8, 4) is 11.3 Å². The molecule has 4 aromatic heterocycles. The molecule has 4 heterocycles. The van der Waals surface area contributed by atoms with Gasteiger partial charge in [-0.1, -0.05) is 23.8 Å². The van der Waals surface area contributed by atoms with E-state index in [0.29, 0.717) is 40.2 Å². The number of carbonyl (C=O) groups excluding carboxylic acids is 2. The summed E-state index contributed by atoms with van der Waals surface area (Å²) in [5.41, 5.74) is 10.5. The summed E-state index contributed by atoms with van der Waals surface area (Å²) in [6.45, 7) is 0.351. The molecule has 0 radical (unpaired) electrons. The van der Waals surface area contributed by atoms with Crippen LogP contribution in [0.1, 0.15) is 52.1 Å². The number of aromatic nitrogens is 3. The number of nitrogens with two attached hydrogens (primary N) is 1. The van der Waals surface area contributed by atoms with Crippen LogP contribution in [-0.4, -0.2) is 32.2 Å². The number of nitrogens with zero attached hydrogens (tertiary/aromatic N) is 3. The molecule has 8 nitrogen and oxygen atoms in total. The van der Waals surface area contributed by atoms with Gasteiger partial charge in [0.15, 0.2) is 10.8 Å². The Balaban J connectivity index is 1.20. The van der Waals surface area contributed by atoms with E-state index in [2.05, 4.69) is 15.6 Å². The molecule has 1 aromatic carbocycles. The van der Waals surface area contributed by atoms with Gasteiger partial charge < -0.3 is 16.4 Å². The molecular weight excluding hydrogens is 516 g/mol. The minimum atomic E-state index is -0.249. The largest absolute Gasteiger partial charge is 0.375 e. The van der Waals surface area contributed by atoms with E-state index in [1.165, 1.54) is 30.6 Å². The quantitative estimate of drug-likeness (QED) is 0.276. The predicted molar refractivity (Wildman–Crippen MR) is 150 cm³/mol. The second-order valence-electron chi connectivity index (χ2n) is 10.2. The van der Waals surface area contributed by atoms with Gasteiger partial charge in [-0.25, -0.2) is 9.97 Å². The van der Waals surface area contributed by atoms with E-state index in [0.717, 1.165) is 33.7 Å². The molecule has 192 valence electrons. The van der Waals surface area contributed by atoms with Crippen LogP contribution in [0, 0.1) is 11.8 Å². The number of nitrogen functional groups attached to an aromatic ring is 1. The zero-order valence-electron chi connectivity index (χ0n) is 20.5. The molecule has 7 rings (SSSR count). The Kier molecular flexibility index (Phi) is 5.66. The molecule has 2 aliphatic rings. The number of amides is 2. The number of nitrogens with one attached hydrogen (secondary N) is 2. The highest BCUT2D eigenvalue weighted by molar-refractivity contribution is 7.22. The molecule has 0 unspecified atom stereocenters. The van der Waals surface area contributed by atoms with E-state index in [-0.39, 0.29) is 17.9 Å². The Bertz CT molecular complexity index is 1690. The normalized spacial score (nSPS) is 20.4. The molecule has 10 heteroatoms. The lowest BCUT2D eigenvalue weighted by Crippen LogP contribution is -2.39. The van der Waals surface area contributed by atoms with Crippen LogP contribution >= 0.6 is 22.7 Å². The first kappa shape index (κ1) is 23.4. The van der Waals surface area contributed by atoms with E-state index in [4.69, 9.17) is 10.7 Å². The van der Waals surface area contributed by atoms with E-state index < -0.39 is 0 Å². The van der Waals surface area contributed by atoms with Crippen LogP contribution in [-0.2, 0) is 6.54 Å². The Morgan fingerprint density at radius 1 is 1.11 bits per heavy atom. The highest BCUT2D eigenvalue weighted by atomic mass is 32.1. The summed E-state index contributed by atoms with van der Waals surface area (Å²) in [4.78, 5) is 36.2. The van der Waals surface area contributed by atoms with Crippen LogP contribution in [0.4, 0.5) is 5.13 Å². The molecule has 0 aliphatic heterocycles. The molecule has 2 saturated carbocycles. The van der Waals surface area contributed by atoms with Gasteiger partial charge in [-0.2, -0.15) is 11.3 Å². The molecule has 4 N–H and O–H groups in total. The molecule has 2 aliphatic carbocycles. The molecule has 2 amide bonds. The summed E-state index contributed by atoms with van der Waals surface area (Å²) >= 11 is 2.98.